The molecule has 32 nitrogen and oxygen atoms in total. The van der Waals surface area contributed by atoms with Crippen LogP contribution in [0.2, 0.25) is 0 Å². The number of hydrogen-bond acceptors (Lipinski definition) is 24. The highest BCUT2D eigenvalue weighted by Gasteiger charge is 2.45. The minimum Gasteiger partial charge on any atom is -0.394 e. The Balaban J connectivity index is 1.62. The molecule has 0 saturated carbocycles. The highest BCUT2D eigenvalue weighted by molar-refractivity contribution is 5.81. The molecule has 0 aliphatic carbocycles. The van der Waals surface area contributed by atoms with Gasteiger partial charge in [0.15, 0.2) is 18.9 Å². The molecule has 3 heterocycles. The molecule has 15 atom stereocenters. The Labute approximate surface area is 538 Å². The van der Waals surface area contributed by atoms with Crippen molar-refractivity contribution >= 4 is 47.3 Å². The van der Waals surface area contributed by atoms with Crippen molar-refractivity contribution in [2.45, 2.75) is 216 Å². The number of aliphatic hydroxyl groups excluding tert-OH is 9. The van der Waals surface area contributed by atoms with Crippen LogP contribution in [0.15, 0.2) is 0 Å². The summed E-state index contributed by atoms with van der Waals surface area (Å²) >= 11 is 0. The molecule has 17 N–H and O–H groups in total. The minimum atomic E-state index is -1.32. The number of amides is 8. The van der Waals surface area contributed by atoms with E-state index in [0.29, 0.717) is 45.4 Å². The number of hydrogen-bond donors (Lipinski definition) is 17. The molecule has 0 aromatic heterocycles. The van der Waals surface area contributed by atoms with Gasteiger partial charge in [-0.25, -0.2) is 0 Å². The van der Waals surface area contributed by atoms with E-state index < -0.39 is 141 Å². The van der Waals surface area contributed by atoms with E-state index in [1.807, 2.05) is 6.92 Å². The van der Waals surface area contributed by atoms with Crippen LogP contribution in [-0.4, -0.2) is 271 Å². The van der Waals surface area contributed by atoms with E-state index in [1.165, 1.54) is 0 Å². The van der Waals surface area contributed by atoms with E-state index >= 15 is 0 Å². The number of carbonyl (C=O) groups is 8. The van der Waals surface area contributed by atoms with Gasteiger partial charge in [0.25, 0.3) is 0 Å². The topological polar surface area (TPSA) is 479 Å². The Hall–Kier alpha value is -4.88. The predicted molar refractivity (Wildman–Crippen MR) is 326 cm³/mol. The lowest BCUT2D eigenvalue weighted by Crippen LogP contribution is -2.55. The van der Waals surface area contributed by atoms with Crippen LogP contribution in [0.1, 0.15) is 137 Å². The molecule has 92 heavy (non-hydrogen) atoms. The van der Waals surface area contributed by atoms with Crippen LogP contribution in [-0.2, 0) is 71.5 Å². The van der Waals surface area contributed by atoms with Crippen molar-refractivity contribution in [3.8, 4) is 0 Å². The maximum Gasteiger partial charge on any atom is 0.222 e. The van der Waals surface area contributed by atoms with E-state index in [2.05, 4.69) is 42.5 Å². The van der Waals surface area contributed by atoms with Crippen LogP contribution in [0.5, 0.6) is 0 Å². The van der Waals surface area contributed by atoms with Gasteiger partial charge in [-0.3, -0.25) is 38.4 Å². The smallest absolute Gasteiger partial charge is 0.222 e. The van der Waals surface area contributed by atoms with Gasteiger partial charge in [-0.05, 0) is 57.8 Å². The van der Waals surface area contributed by atoms with Gasteiger partial charge in [-0.15, -0.1) is 0 Å². The third kappa shape index (κ3) is 30.7. The summed E-state index contributed by atoms with van der Waals surface area (Å²) in [6.07, 6.45) is -11.8. The van der Waals surface area contributed by atoms with Gasteiger partial charge in [0.1, 0.15) is 36.6 Å². The van der Waals surface area contributed by atoms with Crippen LogP contribution in [0, 0.1) is 17.8 Å². The van der Waals surface area contributed by atoms with E-state index in [-0.39, 0.29) is 160 Å². The maximum absolute atomic E-state index is 13.9. The van der Waals surface area contributed by atoms with Crippen molar-refractivity contribution in [2.24, 2.45) is 17.8 Å². The average Bonchev–Trinajstić information content (AvgIpc) is 0.994. The summed E-state index contributed by atoms with van der Waals surface area (Å²) in [4.78, 5) is 105. The second kappa shape index (κ2) is 45.5. The van der Waals surface area contributed by atoms with Gasteiger partial charge in [-0.2, -0.15) is 0 Å². The summed E-state index contributed by atoms with van der Waals surface area (Å²) in [5.41, 5.74) is -1.32. The first-order valence-corrected chi connectivity index (χ1v) is 32.5. The average molecular weight is 1330 g/mol. The van der Waals surface area contributed by atoms with Gasteiger partial charge in [0, 0.05) is 114 Å². The fourth-order valence-corrected chi connectivity index (χ4v) is 10.3. The van der Waals surface area contributed by atoms with Crippen LogP contribution < -0.4 is 42.5 Å². The molecule has 0 aromatic rings. The van der Waals surface area contributed by atoms with E-state index in [9.17, 15) is 84.3 Å². The number of aliphatic hydroxyl groups is 9. The molecule has 3 aliphatic rings. The van der Waals surface area contributed by atoms with E-state index in [1.54, 1.807) is 20.8 Å². The van der Waals surface area contributed by atoms with Crippen molar-refractivity contribution < 1.29 is 117 Å². The van der Waals surface area contributed by atoms with Crippen LogP contribution in [0.4, 0.5) is 0 Å². The Morgan fingerprint density at radius 1 is 0.359 bits per heavy atom. The normalized spacial score (nSPS) is 27.0. The third-order valence-electron chi connectivity index (χ3n) is 16.2. The molecule has 3 rings (SSSR count). The zero-order valence-corrected chi connectivity index (χ0v) is 53.9. The number of ether oxygens (including phenoxy) is 7. The standard InChI is InChI=1S/C60H108N8O24/c1-5-29-86-30-10-28-67-43(72)11-6-12-50(79)68-60(19-13-44(73)61-22-7-25-64-47(76)16-31-87-57-37(2)51(80)54(83)40(34-69)90-57,20-14-45(74)62-23-8-26-65-48(77)17-32-88-58-38(3)52(81)55(84)41(35-70)91-58)21-15-46(75)63-24-9-27-66-49(78)18-33-89-59-39(4)53(82)56(85)42(36-71)92-59/h37-42,51-59,69-71,80-85H,5-36H2,1-4H3,(H,61,73)(H,62,74)(H,63,75)(H,64,76)(H,65,77)(H,66,78)(H,67,72)(H,68,79)/t37?,38?,39?,40?,41?,42?,51-,52-,53-,54+,55+,56+,57-,58-,59-,60?/m1/s1. The highest BCUT2D eigenvalue weighted by atomic mass is 16.7. The van der Waals surface area contributed by atoms with E-state index in [4.69, 9.17) is 33.2 Å². The highest BCUT2D eigenvalue weighted by Crippen LogP contribution is 2.30. The Bertz CT molecular complexity index is 1980. The third-order valence-corrected chi connectivity index (χ3v) is 16.2. The van der Waals surface area contributed by atoms with Gasteiger partial charge in [0.05, 0.1) is 77.2 Å². The molecule has 3 fully saturated rings. The van der Waals surface area contributed by atoms with Crippen molar-refractivity contribution in [2.75, 3.05) is 98.7 Å². The van der Waals surface area contributed by atoms with E-state index in [0.717, 1.165) is 6.42 Å². The molecular formula is C60H108N8O24. The predicted octanol–water partition coefficient (Wildman–Crippen LogP) is -4.40. The molecule has 0 radical (unpaired) electrons. The van der Waals surface area contributed by atoms with Crippen molar-refractivity contribution in [3.05, 3.63) is 0 Å². The maximum atomic E-state index is 13.9. The summed E-state index contributed by atoms with van der Waals surface area (Å²) in [5.74, 6) is -5.05. The summed E-state index contributed by atoms with van der Waals surface area (Å²) in [6, 6.07) is 0. The molecule has 0 bridgehead atoms. The molecule has 3 aliphatic heterocycles. The number of carbonyl (C=O) groups excluding carboxylic acids is 8. The summed E-state index contributed by atoms with van der Waals surface area (Å²) < 4.78 is 38.9. The first-order valence-electron chi connectivity index (χ1n) is 32.5. The molecule has 8 amide bonds. The first-order chi connectivity index (χ1) is 44.0. The van der Waals surface area contributed by atoms with Crippen molar-refractivity contribution in [3.63, 3.8) is 0 Å². The number of rotatable bonds is 47. The minimum absolute atomic E-state index is 0.0288. The van der Waals surface area contributed by atoms with Crippen LogP contribution in [0.3, 0.4) is 0 Å². The second-order valence-electron chi connectivity index (χ2n) is 23.7. The van der Waals surface area contributed by atoms with Crippen LogP contribution >= 0.6 is 0 Å². The molecule has 532 valence electrons. The van der Waals surface area contributed by atoms with Gasteiger partial charge in [0.2, 0.25) is 47.3 Å². The van der Waals surface area contributed by atoms with Crippen molar-refractivity contribution in [1.82, 2.24) is 42.5 Å². The second-order valence-corrected chi connectivity index (χ2v) is 23.7. The summed E-state index contributed by atoms with van der Waals surface area (Å²) in [7, 11) is 0. The zero-order chi connectivity index (χ0) is 68.0. The monoisotopic (exact) mass is 1320 g/mol. The first kappa shape index (κ1) is 81.4. The fraction of sp³-hybridized carbons (Fsp3) is 0.867. The fourth-order valence-electron chi connectivity index (χ4n) is 10.3. The molecule has 32 heteroatoms. The molecule has 6 unspecified atom stereocenters. The quantitative estimate of drug-likeness (QED) is 0.0256. The Kier molecular flexibility index (Phi) is 40.2. The lowest BCUT2D eigenvalue weighted by Gasteiger charge is -2.40. The van der Waals surface area contributed by atoms with Gasteiger partial charge < -0.3 is 122 Å². The summed E-state index contributed by atoms with van der Waals surface area (Å²) in [6.45, 7) is 7.36. The molecule has 3 saturated heterocycles. The zero-order valence-electron chi connectivity index (χ0n) is 53.9. The van der Waals surface area contributed by atoms with Gasteiger partial charge >= 0.3 is 0 Å². The molecule has 0 spiro atoms. The lowest BCUT2D eigenvalue weighted by atomic mass is 9.82. The molecular weight excluding hydrogens is 1220 g/mol. The molecule has 0 aromatic carbocycles. The SMILES string of the molecule is CCCOCCCNC(=O)CCCC(=O)NC(CCC(=O)NCCCNC(=O)CCO[C@@H]1OC(CO)[C@H](O)[C@H](O)C1C)(CCC(=O)NCCCNC(=O)CCO[C@@H]1OC(CO)[C@H](O)[C@H](O)C1C)CCC(=O)NCCCNC(=O)CCO[C@@H]1OC(CO)[C@H](O)[C@H](O)C1C. The lowest BCUT2D eigenvalue weighted by molar-refractivity contribution is -0.282. The Morgan fingerprint density at radius 2 is 0.641 bits per heavy atom. The van der Waals surface area contributed by atoms with Crippen LogP contribution in [0.25, 0.3) is 0 Å². The largest absolute Gasteiger partial charge is 0.394 e. The van der Waals surface area contributed by atoms with Gasteiger partial charge in [-0.1, -0.05) is 27.7 Å². The Morgan fingerprint density at radius 3 is 0.946 bits per heavy atom. The summed E-state index contributed by atoms with van der Waals surface area (Å²) in [5, 5.41) is 112. The van der Waals surface area contributed by atoms with Crippen molar-refractivity contribution in [1.29, 1.82) is 0 Å². The number of nitrogens with one attached hydrogen (secondary N) is 8.